The van der Waals surface area contributed by atoms with Gasteiger partial charge in [0.25, 0.3) is 0 Å². The van der Waals surface area contributed by atoms with Crippen molar-refractivity contribution in [3.05, 3.63) is 105 Å². The molecule has 1 unspecified atom stereocenters. The molecule has 2 atom stereocenters. The van der Waals surface area contributed by atoms with Crippen molar-refractivity contribution >= 4 is 15.9 Å². The molecular weight excluding hydrogens is 496 g/mol. The van der Waals surface area contributed by atoms with Gasteiger partial charge in [-0.15, -0.1) is 0 Å². The lowest BCUT2D eigenvalue weighted by molar-refractivity contribution is 0.00811. The zero-order valence-electron chi connectivity index (χ0n) is 19.0. The van der Waals surface area contributed by atoms with Crippen LogP contribution in [0.5, 0.6) is 0 Å². The highest BCUT2D eigenvalue weighted by molar-refractivity contribution is 9.10. The summed E-state index contributed by atoms with van der Waals surface area (Å²) in [6, 6.07) is 23.8. The molecule has 4 rings (SSSR count). The van der Waals surface area contributed by atoms with Gasteiger partial charge in [0.2, 0.25) is 0 Å². The van der Waals surface area contributed by atoms with Crippen molar-refractivity contribution in [2.45, 2.75) is 31.5 Å². The van der Waals surface area contributed by atoms with Crippen molar-refractivity contribution in [3.8, 4) is 12.1 Å². The number of nitriles is 2. The minimum absolute atomic E-state index is 0.0404. The van der Waals surface area contributed by atoms with Crippen LogP contribution in [0.2, 0.25) is 0 Å². The molecule has 0 N–H and O–H groups in total. The first-order valence-corrected chi connectivity index (χ1v) is 11.9. The Balaban J connectivity index is 1.66. The van der Waals surface area contributed by atoms with E-state index < -0.39 is 17.4 Å². The van der Waals surface area contributed by atoms with Crippen LogP contribution in [0.25, 0.3) is 0 Å². The summed E-state index contributed by atoms with van der Waals surface area (Å²) < 4.78 is 30.6. The Hall–Kier alpha value is -3.06. The third kappa shape index (κ3) is 5.04. The fraction of sp³-hybridized carbons (Fsp3) is 0.286. The van der Waals surface area contributed by atoms with Crippen LogP contribution in [0.1, 0.15) is 53.6 Å². The maximum absolute atomic E-state index is 15.4. The molecule has 0 amide bonds. The molecule has 1 saturated heterocycles. The topological polar surface area (TPSA) is 50.8 Å². The zero-order valence-corrected chi connectivity index (χ0v) is 20.6. The first kappa shape index (κ1) is 24.1. The summed E-state index contributed by atoms with van der Waals surface area (Å²) in [6.07, 6.45) is 0. The van der Waals surface area contributed by atoms with Crippen LogP contribution in [0.3, 0.4) is 0 Å². The molecule has 3 aromatic carbocycles. The number of rotatable bonds is 6. The molecule has 172 valence electrons. The highest BCUT2D eigenvalue weighted by atomic mass is 79.9. The highest BCUT2D eigenvalue weighted by Gasteiger charge is 2.45. The van der Waals surface area contributed by atoms with Crippen LogP contribution in [0, 0.1) is 34.4 Å². The molecule has 1 aliphatic heterocycles. The summed E-state index contributed by atoms with van der Waals surface area (Å²) in [7, 11) is 0. The van der Waals surface area contributed by atoms with Gasteiger partial charge in [0.1, 0.15) is 11.5 Å². The molecule has 6 heteroatoms. The van der Waals surface area contributed by atoms with Crippen molar-refractivity contribution < 1.29 is 8.78 Å². The lowest BCUT2D eigenvalue weighted by Gasteiger charge is -2.50. The molecule has 0 bridgehead atoms. The average Bonchev–Trinajstić information content (AvgIpc) is 2.76. The summed E-state index contributed by atoms with van der Waals surface area (Å²) >= 11 is 3.55. The van der Waals surface area contributed by atoms with Gasteiger partial charge in [-0.3, -0.25) is 4.90 Å². The molecule has 1 aliphatic rings. The molecule has 1 fully saturated rings. The quantitative estimate of drug-likeness (QED) is 0.356. The molecule has 0 radical (unpaired) electrons. The van der Waals surface area contributed by atoms with E-state index in [9.17, 15) is 14.9 Å². The van der Waals surface area contributed by atoms with E-state index in [2.05, 4.69) is 39.0 Å². The van der Waals surface area contributed by atoms with E-state index in [0.29, 0.717) is 24.2 Å². The second-order valence-corrected chi connectivity index (χ2v) is 10.2. The standard InChI is InChI=1S/C28H24BrF2N3/c1-28(2,31)26(22-10-19(15-33)11-25(30)13-22)23-16-34(17-23)27(21-4-3-5-24(29)12-21)20-8-6-18(14-32)7-9-20/h3-13,23,26-27H,16-17H2,1-2H3/t26-,27?/m1/s1. The van der Waals surface area contributed by atoms with E-state index in [4.69, 9.17) is 0 Å². The minimum atomic E-state index is -1.59. The van der Waals surface area contributed by atoms with E-state index in [1.807, 2.05) is 30.3 Å². The van der Waals surface area contributed by atoms with Crippen LogP contribution in [-0.4, -0.2) is 23.7 Å². The van der Waals surface area contributed by atoms with Crippen molar-refractivity contribution in [3.63, 3.8) is 0 Å². The van der Waals surface area contributed by atoms with Gasteiger partial charge >= 0.3 is 0 Å². The molecule has 0 aliphatic carbocycles. The Morgan fingerprint density at radius 3 is 2.18 bits per heavy atom. The molecule has 0 spiro atoms. The van der Waals surface area contributed by atoms with E-state index >= 15 is 4.39 Å². The number of benzene rings is 3. The van der Waals surface area contributed by atoms with Crippen LogP contribution in [0.15, 0.2) is 71.2 Å². The fourth-order valence-electron chi connectivity index (χ4n) is 5.09. The normalized spacial score (nSPS) is 16.2. The number of halogens is 3. The van der Waals surface area contributed by atoms with Gasteiger partial charge in [-0.05, 0) is 78.9 Å². The van der Waals surface area contributed by atoms with E-state index in [1.165, 1.54) is 26.0 Å². The number of hydrogen-bond acceptors (Lipinski definition) is 3. The monoisotopic (exact) mass is 519 g/mol. The summed E-state index contributed by atoms with van der Waals surface area (Å²) in [4.78, 5) is 2.27. The predicted molar refractivity (Wildman–Crippen MR) is 131 cm³/mol. The van der Waals surface area contributed by atoms with Crippen molar-refractivity contribution in [2.75, 3.05) is 13.1 Å². The smallest absolute Gasteiger partial charge is 0.124 e. The van der Waals surface area contributed by atoms with E-state index in [-0.39, 0.29) is 17.5 Å². The number of alkyl halides is 1. The Labute approximate surface area is 207 Å². The fourth-order valence-corrected chi connectivity index (χ4v) is 5.50. The van der Waals surface area contributed by atoms with Gasteiger partial charge in [0, 0.05) is 23.5 Å². The van der Waals surface area contributed by atoms with Gasteiger partial charge in [-0.1, -0.05) is 40.2 Å². The molecule has 0 aromatic heterocycles. The third-order valence-electron chi connectivity index (χ3n) is 6.44. The molecule has 0 saturated carbocycles. The van der Waals surface area contributed by atoms with E-state index in [0.717, 1.165) is 15.6 Å². The summed E-state index contributed by atoms with van der Waals surface area (Å²) in [5, 5.41) is 18.4. The Bertz CT molecular complexity index is 1260. The molecular formula is C28H24BrF2N3. The van der Waals surface area contributed by atoms with Gasteiger partial charge in [-0.2, -0.15) is 10.5 Å². The first-order valence-electron chi connectivity index (χ1n) is 11.1. The second-order valence-electron chi connectivity index (χ2n) is 9.33. The molecule has 34 heavy (non-hydrogen) atoms. The summed E-state index contributed by atoms with van der Waals surface area (Å²) in [6.45, 7) is 4.27. The van der Waals surface area contributed by atoms with E-state index in [1.54, 1.807) is 18.2 Å². The SMILES string of the molecule is CC(C)(F)[C@H](c1cc(F)cc(C#N)c1)C1CN(C(c2ccc(C#N)cc2)c2cccc(Br)c2)C1. The van der Waals surface area contributed by atoms with Gasteiger partial charge < -0.3 is 0 Å². The van der Waals surface area contributed by atoms with Crippen LogP contribution in [-0.2, 0) is 0 Å². The summed E-state index contributed by atoms with van der Waals surface area (Å²) in [5.74, 6) is -1.11. The molecule has 1 heterocycles. The van der Waals surface area contributed by atoms with Crippen LogP contribution in [0.4, 0.5) is 8.78 Å². The number of likely N-dealkylation sites (tertiary alicyclic amines) is 1. The maximum Gasteiger partial charge on any atom is 0.124 e. The highest BCUT2D eigenvalue weighted by Crippen LogP contribution is 2.45. The van der Waals surface area contributed by atoms with Gasteiger partial charge in [0.15, 0.2) is 0 Å². The molecule has 3 nitrogen and oxygen atoms in total. The largest absolute Gasteiger partial charge is 0.292 e. The Morgan fingerprint density at radius 1 is 0.912 bits per heavy atom. The van der Waals surface area contributed by atoms with Crippen molar-refractivity contribution in [1.29, 1.82) is 10.5 Å². The Kier molecular flexibility index (Phi) is 6.84. The van der Waals surface area contributed by atoms with Crippen molar-refractivity contribution in [2.24, 2.45) is 5.92 Å². The van der Waals surface area contributed by atoms with Crippen LogP contribution < -0.4 is 0 Å². The van der Waals surface area contributed by atoms with Crippen molar-refractivity contribution in [1.82, 2.24) is 4.90 Å². The number of nitrogens with zero attached hydrogens (tertiary/aromatic N) is 3. The van der Waals surface area contributed by atoms with Gasteiger partial charge in [-0.25, -0.2) is 8.78 Å². The zero-order chi connectivity index (χ0) is 24.5. The predicted octanol–water partition coefficient (Wildman–Crippen LogP) is 6.88. The third-order valence-corrected chi connectivity index (χ3v) is 6.94. The molecule has 3 aromatic rings. The lowest BCUT2D eigenvalue weighted by Crippen LogP contribution is -2.53. The Morgan fingerprint density at radius 2 is 1.59 bits per heavy atom. The van der Waals surface area contributed by atoms with Gasteiger partial charge in [0.05, 0.1) is 29.3 Å². The minimum Gasteiger partial charge on any atom is -0.292 e. The first-order chi connectivity index (χ1) is 16.2. The number of hydrogen-bond donors (Lipinski definition) is 0. The maximum atomic E-state index is 15.4. The average molecular weight is 520 g/mol. The second kappa shape index (κ2) is 9.66. The lowest BCUT2D eigenvalue weighted by atomic mass is 9.72. The summed E-state index contributed by atoms with van der Waals surface area (Å²) in [5.41, 5.74) is 1.86. The van der Waals surface area contributed by atoms with Crippen LogP contribution >= 0.6 is 15.9 Å².